The summed E-state index contributed by atoms with van der Waals surface area (Å²) in [5.41, 5.74) is 1.62. The summed E-state index contributed by atoms with van der Waals surface area (Å²) in [6.07, 6.45) is 1.73. The summed E-state index contributed by atoms with van der Waals surface area (Å²) in [4.78, 5) is 0. The Morgan fingerprint density at radius 2 is 2.00 bits per heavy atom. The maximum absolute atomic E-state index is 12.6. The lowest BCUT2D eigenvalue weighted by molar-refractivity contribution is 0.628. The standard InChI is InChI=1S/C10H8FN2/c1-13-7-6-10(12-13)8-2-4-9(11)5-3-8/h2-5,7H,1H3. The molecule has 0 amide bonds. The summed E-state index contributed by atoms with van der Waals surface area (Å²) in [6.45, 7) is 0. The first-order valence-corrected chi connectivity index (χ1v) is 3.93. The molecule has 0 atom stereocenters. The normalized spacial score (nSPS) is 10.3. The molecule has 2 nitrogen and oxygen atoms in total. The molecular formula is C10H8FN2. The predicted molar refractivity (Wildman–Crippen MR) is 47.4 cm³/mol. The van der Waals surface area contributed by atoms with Gasteiger partial charge in [-0.25, -0.2) is 4.39 Å². The first-order chi connectivity index (χ1) is 6.25. The highest BCUT2D eigenvalue weighted by molar-refractivity contribution is 5.57. The van der Waals surface area contributed by atoms with E-state index in [1.54, 1.807) is 23.0 Å². The van der Waals surface area contributed by atoms with Crippen molar-refractivity contribution < 1.29 is 4.39 Å². The molecule has 2 rings (SSSR count). The van der Waals surface area contributed by atoms with E-state index in [1.807, 2.05) is 7.05 Å². The Labute approximate surface area is 75.6 Å². The third-order valence-corrected chi connectivity index (χ3v) is 1.76. The Morgan fingerprint density at radius 1 is 1.31 bits per heavy atom. The minimum Gasteiger partial charge on any atom is -0.275 e. The van der Waals surface area contributed by atoms with Gasteiger partial charge in [-0.2, -0.15) is 5.10 Å². The lowest BCUT2D eigenvalue weighted by Crippen LogP contribution is -1.87. The van der Waals surface area contributed by atoms with Crippen LogP contribution in [-0.2, 0) is 7.05 Å². The van der Waals surface area contributed by atoms with Gasteiger partial charge in [0.15, 0.2) is 0 Å². The fourth-order valence-corrected chi connectivity index (χ4v) is 1.12. The van der Waals surface area contributed by atoms with E-state index in [9.17, 15) is 4.39 Å². The maximum atomic E-state index is 12.6. The van der Waals surface area contributed by atoms with Gasteiger partial charge in [0.2, 0.25) is 0 Å². The highest BCUT2D eigenvalue weighted by Crippen LogP contribution is 2.15. The summed E-state index contributed by atoms with van der Waals surface area (Å²) in [6, 6.07) is 9.18. The Kier molecular flexibility index (Phi) is 1.85. The second-order valence-corrected chi connectivity index (χ2v) is 2.80. The van der Waals surface area contributed by atoms with E-state index in [0.29, 0.717) is 0 Å². The van der Waals surface area contributed by atoms with Crippen molar-refractivity contribution in [2.75, 3.05) is 0 Å². The van der Waals surface area contributed by atoms with Crippen molar-refractivity contribution in [1.82, 2.24) is 9.78 Å². The molecule has 3 heteroatoms. The molecule has 1 aromatic heterocycles. The molecule has 1 heterocycles. The topological polar surface area (TPSA) is 17.8 Å². The summed E-state index contributed by atoms with van der Waals surface area (Å²) in [5, 5.41) is 4.15. The van der Waals surface area contributed by atoms with E-state index in [0.717, 1.165) is 11.3 Å². The van der Waals surface area contributed by atoms with Gasteiger partial charge in [-0.1, -0.05) is 0 Å². The quantitative estimate of drug-likeness (QED) is 0.648. The van der Waals surface area contributed by atoms with Crippen LogP contribution >= 0.6 is 0 Å². The Bertz CT molecular complexity index is 403. The van der Waals surface area contributed by atoms with Crippen LogP contribution in [0.1, 0.15) is 0 Å². The van der Waals surface area contributed by atoms with Crippen LogP contribution in [0.25, 0.3) is 11.3 Å². The molecule has 65 valence electrons. The molecule has 0 aliphatic heterocycles. The predicted octanol–water partition coefficient (Wildman–Crippen LogP) is 2.03. The molecule has 0 spiro atoms. The van der Waals surface area contributed by atoms with Crippen LogP contribution in [0.4, 0.5) is 4.39 Å². The van der Waals surface area contributed by atoms with Gasteiger partial charge in [0, 0.05) is 24.9 Å². The van der Waals surface area contributed by atoms with Crippen LogP contribution in [0.3, 0.4) is 0 Å². The fourth-order valence-electron chi connectivity index (χ4n) is 1.12. The van der Waals surface area contributed by atoms with E-state index in [4.69, 9.17) is 0 Å². The molecule has 2 aromatic rings. The van der Waals surface area contributed by atoms with Crippen molar-refractivity contribution in [2.45, 2.75) is 0 Å². The molecule has 0 bridgehead atoms. The van der Waals surface area contributed by atoms with E-state index >= 15 is 0 Å². The van der Waals surface area contributed by atoms with Gasteiger partial charge in [-0.15, -0.1) is 0 Å². The van der Waals surface area contributed by atoms with E-state index in [-0.39, 0.29) is 5.82 Å². The zero-order valence-corrected chi connectivity index (χ0v) is 7.16. The van der Waals surface area contributed by atoms with Gasteiger partial charge in [0.1, 0.15) is 11.5 Å². The van der Waals surface area contributed by atoms with E-state index in [2.05, 4.69) is 11.2 Å². The molecule has 0 unspecified atom stereocenters. The number of rotatable bonds is 1. The maximum Gasteiger partial charge on any atom is 0.123 e. The number of aromatic nitrogens is 2. The molecular weight excluding hydrogens is 167 g/mol. The second kappa shape index (κ2) is 3.01. The average molecular weight is 175 g/mol. The van der Waals surface area contributed by atoms with Gasteiger partial charge >= 0.3 is 0 Å². The van der Waals surface area contributed by atoms with Crippen molar-refractivity contribution in [3.63, 3.8) is 0 Å². The molecule has 0 N–H and O–H groups in total. The summed E-state index contributed by atoms with van der Waals surface area (Å²) >= 11 is 0. The summed E-state index contributed by atoms with van der Waals surface area (Å²) < 4.78 is 14.2. The molecule has 0 saturated carbocycles. The largest absolute Gasteiger partial charge is 0.275 e. The first-order valence-electron chi connectivity index (χ1n) is 3.93. The van der Waals surface area contributed by atoms with Crippen LogP contribution < -0.4 is 0 Å². The molecule has 13 heavy (non-hydrogen) atoms. The van der Waals surface area contributed by atoms with E-state index in [1.165, 1.54) is 12.1 Å². The number of halogens is 1. The third-order valence-electron chi connectivity index (χ3n) is 1.76. The highest BCUT2D eigenvalue weighted by atomic mass is 19.1. The van der Waals surface area contributed by atoms with E-state index < -0.39 is 0 Å². The zero-order valence-electron chi connectivity index (χ0n) is 7.16. The number of nitrogens with zero attached hydrogens (tertiary/aromatic N) is 2. The zero-order chi connectivity index (χ0) is 9.26. The van der Waals surface area contributed by atoms with Crippen LogP contribution in [0.2, 0.25) is 0 Å². The molecule has 1 aromatic carbocycles. The van der Waals surface area contributed by atoms with Gasteiger partial charge in [-0.05, 0) is 24.3 Å². The molecule has 0 saturated heterocycles. The van der Waals surface area contributed by atoms with Crippen molar-refractivity contribution in [1.29, 1.82) is 0 Å². The Balaban J connectivity index is 2.41. The highest BCUT2D eigenvalue weighted by Gasteiger charge is 2.00. The summed E-state index contributed by atoms with van der Waals surface area (Å²) in [5.74, 6) is -0.236. The van der Waals surface area contributed by atoms with Crippen molar-refractivity contribution in [2.24, 2.45) is 7.05 Å². The van der Waals surface area contributed by atoms with Gasteiger partial charge in [0.05, 0.1) is 0 Å². The van der Waals surface area contributed by atoms with Crippen molar-refractivity contribution >= 4 is 0 Å². The van der Waals surface area contributed by atoms with Gasteiger partial charge in [-0.3, -0.25) is 4.68 Å². The fraction of sp³-hybridized carbons (Fsp3) is 0.100. The van der Waals surface area contributed by atoms with Gasteiger partial charge < -0.3 is 0 Å². The number of hydrogen-bond acceptors (Lipinski definition) is 1. The minimum atomic E-state index is -0.236. The minimum absolute atomic E-state index is 0.236. The first kappa shape index (κ1) is 7.98. The Hall–Kier alpha value is -1.64. The second-order valence-electron chi connectivity index (χ2n) is 2.80. The number of hydrogen-bond donors (Lipinski definition) is 0. The molecule has 0 fully saturated rings. The lowest BCUT2D eigenvalue weighted by atomic mass is 10.1. The van der Waals surface area contributed by atoms with Crippen LogP contribution in [-0.4, -0.2) is 9.78 Å². The van der Waals surface area contributed by atoms with Crippen molar-refractivity contribution in [3.8, 4) is 11.3 Å². The smallest absolute Gasteiger partial charge is 0.123 e. The molecule has 0 aliphatic rings. The van der Waals surface area contributed by atoms with Crippen LogP contribution in [0.15, 0.2) is 30.5 Å². The third kappa shape index (κ3) is 1.59. The average Bonchev–Trinajstić information content (AvgIpc) is 2.53. The monoisotopic (exact) mass is 175 g/mol. The molecule has 1 radical (unpaired) electrons. The Morgan fingerprint density at radius 3 is 2.54 bits per heavy atom. The van der Waals surface area contributed by atoms with Crippen molar-refractivity contribution in [3.05, 3.63) is 42.3 Å². The lowest BCUT2D eigenvalue weighted by Gasteiger charge is -1.94. The molecule has 0 aliphatic carbocycles. The summed E-state index contributed by atoms with van der Waals surface area (Å²) in [7, 11) is 1.82. The number of aryl methyl sites for hydroxylation is 1. The van der Waals surface area contributed by atoms with Gasteiger partial charge in [0.25, 0.3) is 0 Å². The van der Waals surface area contributed by atoms with Crippen LogP contribution in [0.5, 0.6) is 0 Å². The SMILES string of the molecule is Cn1c[c]c(-c2ccc(F)cc2)n1. The van der Waals surface area contributed by atoms with Crippen LogP contribution in [0, 0.1) is 11.9 Å². The number of benzene rings is 1.